The Bertz CT molecular complexity index is 1020. The van der Waals surface area contributed by atoms with Gasteiger partial charge in [-0.3, -0.25) is 9.69 Å². The van der Waals surface area contributed by atoms with Crippen LogP contribution in [-0.2, 0) is 27.8 Å². The monoisotopic (exact) mass is 479 g/mol. The van der Waals surface area contributed by atoms with Crippen LogP contribution in [0.4, 0.5) is 0 Å². The number of amides is 1. The molecule has 1 aromatic heterocycles. The number of sulfonamides is 1. The Hall–Kier alpha value is -1.97. The highest BCUT2D eigenvalue weighted by atomic mass is 32.2. The Morgan fingerprint density at radius 3 is 2.39 bits per heavy atom. The van der Waals surface area contributed by atoms with Gasteiger partial charge in [-0.25, -0.2) is 17.7 Å². The quantitative estimate of drug-likeness (QED) is 0.476. The van der Waals surface area contributed by atoms with Crippen LogP contribution in [0.2, 0.25) is 0 Å². The third-order valence-corrected chi connectivity index (χ3v) is 7.72. The Balaban J connectivity index is 2.13. The third-order valence-electron chi connectivity index (χ3n) is 5.91. The third kappa shape index (κ3) is 7.01. The number of nitrogens with one attached hydrogen (secondary N) is 1. The maximum Gasteiger partial charge on any atom is 0.242 e. The van der Waals surface area contributed by atoms with Crippen LogP contribution < -0.4 is 5.32 Å². The van der Waals surface area contributed by atoms with E-state index in [4.69, 9.17) is 4.98 Å². The van der Waals surface area contributed by atoms with E-state index < -0.39 is 10.0 Å². The van der Waals surface area contributed by atoms with Crippen LogP contribution in [-0.4, -0.2) is 72.3 Å². The Labute approximate surface area is 199 Å². The van der Waals surface area contributed by atoms with Crippen LogP contribution in [0.25, 0.3) is 11.0 Å². The largest absolute Gasteiger partial charge is 0.355 e. The molecule has 1 heterocycles. The predicted octanol–water partition coefficient (Wildman–Crippen LogP) is 3.25. The first-order valence-corrected chi connectivity index (χ1v) is 13.4. The molecule has 1 amide bonds. The normalized spacial score (nSPS) is 12.6. The zero-order chi connectivity index (χ0) is 24.8. The van der Waals surface area contributed by atoms with Crippen molar-refractivity contribution in [2.45, 2.75) is 83.8 Å². The lowest BCUT2D eigenvalue weighted by Gasteiger charge is -2.30. The topological polar surface area (TPSA) is 87.5 Å². The molecular weight excluding hydrogens is 438 g/mol. The number of aromatic nitrogens is 2. The predicted molar refractivity (Wildman–Crippen MR) is 134 cm³/mol. The van der Waals surface area contributed by atoms with Crippen molar-refractivity contribution >= 4 is 27.0 Å². The second-order valence-electron chi connectivity index (χ2n) is 9.25. The molecule has 0 saturated carbocycles. The number of nitrogens with zero attached hydrogens (tertiary/aromatic N) is 4. The molecule has 2 rings (SSSR count). The zero-order valence-electron chi connectivity index (χ0n) is 21.3. The van der Waals surface area contributed by atoms with Gasteiger partial charge in [0.05, 0.1) is 15.9 Å². The SMILES string of the molecule is CCCCn1c(CCC(=O)NCCN(C(C)C)C(C)C)nc2cc(S(=O)(=O)N(C)C)ccc21. The van der Waals surface area contributed by atoms with Crippen LogP contribution in [0.3, 0.4) is 0 Å². The summed E-state index contributed by atoms with van der Waals surface area (Å²) in [6, 6.07) is 5.95. The molecule has 0 aliphatic carbocycles. The van der Waals surface area contributed by atoms with Gasteiger partial charge in [-0.15, -0.1) is 0 Å². The fourth-order valence-corrected chi connectivity index (χ4v) is 4.96. The summed E-state index contributed by atoms with van der Waals surface area (Å²) in [6.07, 6.45) is 2.89. The average molecular weight is 480 g/mol. The summed E-state index contributed by atoms with van der Waals surface area (Å²) in [4.78, 5) is 19.8. The van der Waals surface area contributed by atoms with E-state index in [2.05, 4.69) is 49.4 Å². The molecule has 0 aliphatic heterocycles. The van der Waals surface area contributed by atoms with Crippen molar-refractivity contribution in [1.82, 2.24) is 24.1 Å². The van der Waals surface area contributed by atoms with Gasteiger partial charge in [-0.05, 0) is 52.3 Å². The second kappa shape index (κ2) is 11.9. The van der Waals surface area contributed by atoms with Crippen LogP contribution in [0.1, 0.15) is 59.7 Å². The number of aryl methyl sites for hydroxylation is 2. The zero-order valence-corrected chi connectivity index (χ0v) is 22.1. The molecule has 0 atom stereocenters. The van der Waals surface area contributed by atoms with Crippen molar-refractivity contribution in [2.75, 3.05) is 27.2 Å². The number of unbranched alkanes of at least 4 members (excludes halogenated alkanes) is 1. The summed E-state index contributed by atoms with van der Waals surface area (Å²) in [6.45, 7) is 13.0. The lowest BCUT2D eigenvalue weighted by molar-refractivity contribution is -0.121. The highest BCUT2D eigenvalue weighted by molar-refractivity contribution is 7.89. The van der Waals surface area contributed by atoms with Gasteiger partial charge in [0.2, 0.25) is 15.9 Å². The summed E-state index contributed by atoms with van der Waals surface area (Å²) in [7, 11) is -0.491. The van der Waals surface area contributed by atoms with E-state index in [1.807, 2.05) is 6.07 Å². The summed E-state index contributed by atoms with van der Waals surface area (Å²) >= 11 is 0. The fraction of sp³-hybridized carbons (Fsp3) is 0.667. The number of fused-ring (bicyclic) bond motifs is 1. The van der Waals surface area contributed by atoms with Crippen LogP contribution in [0.5, 0.6) is 0 Å². The summed E-state index contributed by atoms with van der Waals surface area (Å²) in [5, 5.41) is 3.03. The van der Waals surface area contributed by atoms with Crippen LogP contribution >= 0.6 is 0 Å². The molecular formula is C24H41N5O3S. The fourth-order valence-electron chi connectivity index (χ4n) is 4.04. The van der Waals surface area contributed by atoms with Gasteiger partial charge in [0, 0.05) is 58.7 Å². The lowest BCUT2D eigenvalue weighted by Crippen LogP contribution is -2.42. The summed E-state index contributed by atoms with van der Waals surface area (Å²) in [5.41, 5.74) is 1.55. The molecule has 0 saturated heterocycles. The van der Waals surface area contributed by atoms with Crippen molar-refractivity contribution in [3.05, 3.63) is 24.0 Å². The van der Waals surface area contributed by atoms with Gasteiger partial charge in [0.15, 0.2) is 0 Å². The van der Waals surface area contributed by atoms with Gasteiger partial charge in [-0.2, -0.15) is 0 Å². The minimum absolute atomic E-state index is 0.00688. The van der Waals surface area contributed by atoms with E-state index in [1.54, 1.807) is 12.1 Å². The molecule has 186 valence electrons. The average Bonchev–Trinajstić information content (AvgIpc) is 3.09. The molecule has 1 N–H and O–H groups in total. The van der Waals surface area contributed by atoms with Crippen molar-refractivity contribution < 1.29 is 13.2 Å². The van der Waals surface area contributed by atoms with Gasteiger partial charge in [0.1, 0.15) is 5.82 Å². The number of rotatable bonds is 13. The Morgan fingerprint density at radius 2 is 1.82 bits per heavy atom. The van der Waals surface area contributed by atoms with E-state index in [0.717, 1.165) is 37.3 Å². The summed E-state index contributed by atoms with van der Waals surface area (Å²) < 4.78 is 28.4. The molecule has 0 aliphatic rings. The van der Waals surface area contributed by atoms with Gasteiger partial charge >= 0.3 is 0 Å². The van der Waals surface area contributed by atoms with E-state index in [0.29, 0.717) is 37.0 Å². The van der Waals surface area contributed by atoms with E-state index >= 15 is 0 Å². The molecule has 8 nitrogen and oxygen atoms in total. The number of carbonyl (C=O) groups excluding carboxylic acids is 1. The first kappa shape index (κ1) is 27.3. The molecule has 33 heavy (non-hydrogen) atoms. The Kier molecular flexibility index (Phi) is 9.87. The maximum absolute atomic E-state index is 12.5. The van der Waals surface area contributed by atoms with Crippen molar-refractivity contribution in [3.63, 3.8) is 0 Å². The molecule has 0 unspecified atom stereocenters. The highest BCUT2D eigenvalue weighted by Crippen LogP contribution is 2.23. The molecule has 1 aromatic carbocycles. The molecule has 0 spiro atoms. The molecule has 9 heteroatoms. The lowest BCUT2D eigenvalue weighted by atomic mass is 10.2. The number of carbonyl (C=O) groups is 1. The second-order valence-corrected chi connectivity index (χ2v) is 11.4. The van der Waals surface area contributed by atoms with Crippen molar-refractivity contribution in [1.29, 1.82) is 0 Å². The molecule has 0 radical (unpaired) electrons. The molecule has 0 bridgehead atoms. The van der Waals surface area contributed by atoms with Crippen molar-refractivity contribution in [3.8, 4) is 0 Å². The van der Waals surface area contributed by atoms with E-state index in [-0.39, 0.29) is 10.8 Å². The number of benzene rings is 1. The molecule has 0 fully saturated rings. The number of imidazole rings is 1. The summed E-state index contributed by atoms with van der Waals surface area (Å²) in [5.74, 6) is 0.825. The minimum Gasteiger partial charge on any atom is -0.355 e. The maximum atomic E-state index is 12.5. The standard InChI is InChI=1S/C24H41N5O3S/c1-8-9-15-29-22-11-10-20(33(31,32)27(6)7)17-21(22)26-23(29)12-13-24(30)25-14-16-28(18(2)3)19(4)5/h10-11,17-19H,8-9,12-16H2,1-7H3,(H,25,30). The van der Waals surface area contributed by atoms with E-state index in [9.17, 15) is 13.2 Å². The van der Waals surface area contributed by atoms with Gasteiger partial charge in [0.25, 0.3) is 0 Å². The van der Waals surface area contributed by atoms with Gasteiger partial charge < -0.3 is 9.88 Å². The molecule has 2 aromatic rings. The van der Waals surface area contributed by atoms with Gasteiger partial charge in [-0.1, -0.05) is 13.3 Å². The Morgan fingerprint density at radius 1 is 1.15 bits per heavy atom. The highest BCUT2D eigenvalue weighted by Gasteiger charge is 2.20. The first-order chi connectivity index (χ1) is 15.5. The van der Waals surface area contributed by atoms with E-state index in [1.165, 1.54) is 18.4 Å². The first-order valence-electron chi connectivity index (χ1n) is 11.9. The van der Waals surface area contributed by atoms with Crippen molar-refractivity contribution in [2.24, 2.45) is 0 Å². The number of hydrogen-bond donors (Lipinski definition) is 1. The van der Waals surface area contributed by atoms with Crippen LogP contribution in [0.15, 0.2) is 23.1 Å². The number of hydrogen-bond acceptors (Lipinski definition) is 5. The van der Waals surface area contributed by atoms with Crippen LogP contribution in [0, 0.1) is 0 Å². The minimum atomic E-state index is -3.53. The smallest absolute Gasteiger partial charge is 0.242 e.